The minimum Gasteiger partial charge on any atom is -0.481 e. The van der Waals surface area contributed by atoms with Gasteiger partial charge in [-0.3, -0.25) is 14.4 Å². The van der Waals surface area contributed by atoms with Crippen molar-refractivity contribution in [3.05, 3.63) is 16.4 Å². The fourth-order valence-corrected chi connectivity index (χ4v) is 3.61. The Bertz CT molecular complexity index is 529. The van der Waals surface area contributed by atoms with Crippen LogP contribution in [0.2, 0.25) is 5.02 Å². The number of carboxylic acids is 1. The molecule has 0 radical (unpaired) electrons. The predicted molar refractivity (Wildman–Crippen MR) is 82.5 cm³/mol. The van der Waals surface area contributed by atoms with Crippen LogP contribution in [0.1, 0.15) is 44.5 Å². The van der Waals surface area contributed by atoms with Crippen LogP contribution < -0.4 is 0 Å². The summed E-state index contributed by atoms with van der Waals surface area (Å²) in [7, 11) is 1.90. The number of rotatable bonds is 6. The first-order chi connectivity index (χ1) is 9.93. The molecule has 1 aromatic rings. The van der Waals surface area contributed by atoms with Crippen LogP contribution in [0.4, 0.5) is 0 Å². The molecule has 21 heavy (non-hydrogen) atoms. The number of aryl methyl sites for hydroxylation is 2. The number of hydrogen-bond acceptors (Lipinski definition) is 3. The minimum atomic E-state index is -0.669. The lowest BCUT2D eigenvalue weighted by Gasteiger charge is -2.24. The minimum absolute atomic E-state index is 0.590. The predicted octanol–water partition coefficient (Wildman–Crippen LogP) is 2.71. The van der Waals surface area contributed by atoms with E-state index in [4.69, 9.17) is 11.6 Å². The standard InChI is InChI=1S/C15H24ClN3O2/c1-4-6-15(14(20)21)7-8-19(10-15)9-12-13(16)11(5-2)17-18(12)3/h4-10H2,1-3H3,(H,20,21). The first kappa shape index (κ1) is 16.3. The summed E-state index contributed by atoms with van der Waals surface area (Å²) in [6, 6.07) is 0. The smallest absolute Gasteiger partial charge is 0.310 e. The Morgan fingerprint density at radius 2 is 2.19 bits per heavy atom. The van der Waals surface area contributed by atoms with Gasteiger partial charge in [-0.25, -0.2) is 0 Å². The van der Waals surface area contributed by atoms with E-state index in [1.807, 2.05) is 25.6 Å². The van der Waals surface area contributed by atoms with Crippen LogP contribution in [-0.4, -0.2) is 38.8 Å². The highest BCUT2D eigenvalue weighted by Crippen LogP contribution is 2.36. The lowest BCUT2D eigenvalue weighted by molar-refractivity contribution is -0.148. The topological polar surface area (TPSA) is 58.4 Å². The molecule has 6 heteroatoms. The molecule has 1 N–H and O–H groups in total. The molecule has 1 aromatic heterocycles. The summed E-state index contributed by atoms with van der Waals surface area (Å²) < 4.78 is 1.82. The Morgan fingerprint density at radius 1 is 1.48 bits per heavy atom. The van der Waals surface area contributed by atoms with E-state index in [0.29, 0.717) is 19.5 Å². The molecule has 2 heterocycles. The van der Waals surface area contributed by atoms with Gasteiger partial charge in [0.05, 0.1) is 21.8 Å². The molecule has 1 fully saturated rings. The molecular formula is C15H24ClN3O2. The third-order valence-electron chi connectivity index (χ3n) is 4.49. The summed E-state index contributed by atoms with van der Waals surface area (Å²) in [4.78, 5) is 13.8. The van der Waals surface area contributed by atoms with Crippen molar-refractivity contribution in [1.82, 2.24) is 14.7 Å². The number of carbonyl (C=O) groups is 1. The van der Waals surface area contributed by atoms with E-state index in [-0.39, 0.29) is 0 Å². The second-order valence-corrected chi connectivity index (χ2v) is 6.36. The van der Waals surface area contributed by atoms with Crippen LogP contribution in [-0.2, 0) is 24.8 Å². The van der Waals surface area contributed by atoms with Crippen molar-refractivity contribution in [1.29, 1.82) is 0 Å². The van der Waals surface area contributed by atoms with E-state index in [9.17, 15) is 9.90 Å². The van der Waals surface area contributed by atoms with Crippen molar-refractivity contribution in [3.8, 4) is 0 Å². The second-order valence-electron chi connectivity index (χ2n) is 5.98. The molecule has 1 aliphatic rings. The zero-order valence-electron chi connectivity index (χ0n) is 13.0. The highest BCUT2D eigenvalue weighted by Gasteiger charge is 2.44. The summed E-state index contributed by atoms with van der Waals surface area (Å²) in [6.07, 6.45) is 3.15. The summed E-state index contributed by atoms with van der Waals surface area (Å²) in [5, 5.41) is 14.7. The number of aliphatic carboxylic acids is 1. The van der Waals surface area contributed by atoms with Gasteiger partial charge in [-0.1, -0.05) is 31.9 Å². The van der Waals surface area contributed by atoms with Crippen molar-refractivity contribution >= 4 is 17.6 Å². The molecule has 0 aliphatic carbocycles. The quantitative estimate of drug-likeness (QED) is 0.877. The van der Waals surface area contributed by atoms with Gasteiger partial charge in [-0.05, 0) is 25.8 Å². The van der Waals surface area contributed by atoms with E-state index in [2.05, 4.69) is 10.00 Å². The van der Waals surface area contributed by atoms with Crippen LogP contribution >= 0.6 is 11.6 Å². The SMILES string of the molecule is CCCC1(C(=O)O)CCN(Cc2c(Cl)c(CC)nn2C)C1. The molecule has 0 aromatic carbocycles. The Labute approximate surface area is 130 Å². The molecule has 1 saturated heterocycles. The van der Waals surface area contributed by atoms with Gasteiger partial charge in [-0.15, -0.1) is 0 Å². The third kappa shape index (κ3) is 3.09. The van der Waals surface area contributed by atoms with Gasteiger partial charge in [0, 0.05) is 20.1 Å². The summed E-state index contributed by atoms with van der Waals surface area (Å²) in [6.45, 7) is 6.14. The van der Waals surface area contributed by atoms with Crippen molar-refractivity contribution in [2.75, 3.05) is 13.1 Å². The Morgan fingerprint density at radius 3 is 2.71 bits per heavy atom. The number of halogens is 1. The Kier molecular flexibility index (Phi) is 4.94. The van der Waals surface area contributed by atoms with Crippen LogP contribution in [0.5, 0.6) is 0 Å². The summed E-state index contributed by atoms with van der Waals surface area (Å²) in [5.41, 5.74) is 1.30. The number of likely N-dealkylation sites (tertiary alicyclic amines) is 1. The van der Waals surface area contributed by atoms with Crippen molar-refractivity contribution in [2.45, 2.75) is 46.1 Å². The molecular weight excluding hydrogens is 290 g/mol. The van der Waals surface area contributed by atoms with Gasteiger partial charge in [0.2, 0.25) is 0 Å². The van der Waals surface area contributed by atoms with E-state index in [1.54, 1.807) is 0 Å². The van der Waals surface area contributed by atoms with Crippen molar-refractivity contribution in [3.63, 3.8) is 0 Å². The monoisotopic (exact) mass is 313 g/mol. The fourth-order valence-electron chi connectivity index (χ4n) is 3.26. The molecule has 118 valence electrons. The third-order valence-corrected chi connectivity index (χ3v) is 4.93. The molecule has 0 saturated carbocycles. The Balaban J connectivity index is 2.12. The number of aromatic nitrogens is 2. The van der Waals surface area contributed by atoms with Crippen molar-refractivity contribution in [2.24, 2.45) is 12.5 Å². The van der Waals surface area contributed by atoms with E-state index < -0.39 is 11.4 Å². The van der Waals surface area contributed by atoms with Gasteiger partial charge < -0.3 is 5.11 Å². The van der Waals surface area contributed by atoms with Gasteiger partial charge in [0.15, 0.2) is 0 Å². The normalized spacial score (nSPS) is 22.9. The second kappa shape index (κ2) is 6.36. The van der Waals surface area contributed by atoms with Crippen LogP contribution in [0.25, 0.3) is 0 Å². The lowest BCUT2D eigenvalue weighted by atomic mass is 9.83. The molecule has 0 amide bonds. The number of nitrogens with zero attached hydrogens (tertiary/aromatic N) is 3. The molecule has 1 atom stereocenters. The molecule has 1 unspecified atom stereocenters. The highest BCUT2D eigenvalue weighted by atomic mass is 35.5. The molecule has 0 spiro atoms. The van der Waals surface area contributed by atoms with Crippen molar-refractivity contribution < 1.29 is 9.90 Å². The Hall–Kier alpha value is -1.07. The average Bonchev–Trinajstić information content (AvgIpc) is 2.96. The molecule has 2 rings (SSSR count). The summed E-state index contributed by atoms with van der Waals surface area (Å²) >= 11 is 6.38. The maximum atomic E-state index is 11.6. The van der Waals surface area contributed by atoms with Gasteiger partial charge in [-0.2, -0.15) is 5.10 Å². The molecule has 5 nitrogen and oxygen atoms in total. The first-order valence-electron chi connectivity index (χ1n) is 7.59. The van der Waals surface area contributed by atoms with Crippen LogP contribution in [0.3, 0.4) is 0 Å². The highest BCUT2D eigenvalue weighted by molar-refractivity contribution is 6.31. The van der Waals surface area contributed by atoms with Gasteiger partial charge in [0.1, 0.15) is 0 Å². The zero-order chi connectivity index (χ0) is 15.6. The van der Waals surface area contributed by atoms with E-state index >= 15 is 0 Å². The van der Waals surface area contributed by atoms with Gasteiger partial charge in [0.25, 0.3) is 0 Å². The number of carboxylic acid groups (broad SMARTS) is 1. The van der Waals surface area contributed by atoms with Crippen LogP contribution in [0, 0.1) is 5.41 Å². The zero-order valence-corrected chi connectivity index (χ0v) is 13.8. The fraction of sp³-hybridized carbons (Fsp3) is 0.733. The summed E-state index contributed by atoms with van der Waals surface area (Å²) in [5.74, 6) is -0.669. The van der Waals surface area contributed by atoms with E-state index in [0.717, 1.165) is 42.2 Å². The van der Waals surface area contributed by atoms with Crippen LogP contribution in [0.15, 0.2) is 0 Å². The van der Waals surface area contributed by atoms with Gasteiger partial charge >= 0.3 is 5.97 Å². The lowest BCUT2D eigenvalue weighted by Crippen LogP contribution is -2.34. The maximum Gasteiger partial charge on any atom is 0.310 e. The molecule has 0 bridgehead atoms. The average molecular weight is 314 g/mol. The van der Waals surface area contributed by atoms with E-state index in [1.165, 1.54) is 0 Å². The largest absolute Gasteiger partial charge is 0.481 e. The number of hydrogen-bond donors (Lipinski definition) is 1. The first-order valence-corrected chi connectivity index (χ1v) is 7.97. The maximum absolute atomic E-state index is 11.6. The molecule has 1 aliphatic heterocycles.